The Morgan fingerprint density at radius 1 is 1.13 bits per heavy atom. The summed E-state index contributed by atoms with van der Waals surface area (Å²) in [5.41, 5.74) is -0.195. The van der Waals surface area contributed by atoms with E-state index in [1.807, 2.05) is 44.2 Å². The van der Waals surface area contributed by atoms with Crippen LogP contribution in [0.1, 0.15) is 80.6 Å². The predicted molar refractivity (Wildman–Crippen MR) is 142 cm³/mol. The van der Waals surface area contributed by atoms with E-state index in [0.717, 1.165) is 16.7 Å². The number of rotatable bonds is 7. The maximum absolute atomic E-state index is 13.4. The summed E-state index contributed by atoms with van der Waals surface area (Å²) < 4.78 is 5.35. The molecule has 0 saturated heterocycles. The van der Waals surface area contributed by atoms with E-state index in [0.29, 0.717) is 32.1 Å². The topological polar surface area (TPSA) is 107 Å². The molecular weight excluding hydrogens is 491 g/mol. The smallest absolute Gasteiger partial charge is 0.549 e. The van der Waals surface area contributed by atoms with Gasteiger partial charge >= 0.3 is 29.6 Å². The van der Waals surface area contributed by atoms with E-state index in [1.54, 1.807) is 27.9 Å². The van der Waals surface area contributed by atoms with Gasteiger partial charge in [-0.05, 0) is 76.2 Å². The van der Waals surface area contributed by atoms with Crippen LogP contribution in [0.15, 0.2) is 47.1 Å². The Bertz CT molecular complexity index is 1050. The van der Waals surface area contributed by atoms with Crippen LogP contribution in [0.5, 0.6) is 0 Å². The first-order chi connectivity index (χ1) is 17.0. The largest absolute Gasteiger partial charge is 1.00 e. The van der Waals surface area contributed by atoms with Crippen molar-refractivity contribution >= 4 is 11.8 Å². The van der Waals surface area contributed by atoms with Gasteiger partial charge in [-0.15, -0.1) is 0 Å². The summed E-state index contributed by atoms with van der Waals surface area (Å²) in [5.74, 6) is -1.24. The summed E-state index contributed by atoms with van der Waals surface area (Å²) in [6.07, 6.45) is 11.2. The average Bonchev–Trinajstić information content (AvgIpc) is 3.07. The van der Waals surface area contributed by atoms with E-state index in [9.17, 15) is 24.9 Å². The summed E-state index contributed by atoms with van der Waals surface area (Å²) in [5, 5.41) is 33.1. The second-order valence-electron chi connectivity index (χ2n) is 12.8. The molecule has 7 atom stereocenters. The molecule has 6 nitrogen and oxygen atoms in total. The fraction of sp³-hybridized carbons (Fsp3) is 0.677. The average molecular weight is 537 g/mol. The SMILES string of the molecule is COC(/C=C/C(C)=C/C=C/C(C)=C1\C(=O)C[C@@H]2C1(C)CCC1[C@@](C)(C(=O)[O-])C(O)CC[C@@]12C)C(C)(C)O.[Na+]. The summed E-state index contributed by atoms with van der Waals surface area (Å²) in [6, 6.07) is 0. The van der Waals surface area contributed by atoms with Crippen molar-refractivity contribution < 1.29 is 59.2 Å². The molecule has 206 valence electrons. The first-order valence-corrected chi connectivity index (χ1v) is 13.5. The molecule has 0 radical (unpaired) electrons. The van der Waals surface area contributed by atoms with Crippen LogP contribution in [0.25, 0.3) is 0 Å². The number of Topliss-reactive ketones (excluding diaryl/α,β-unsaturated/α-hetero) is 1. The van der Waals surface area contributed by atoms with Crippen molar-refractivity contribution in [3.63, 3.8) is 0 Å². The number of carbonyl (C=O) groups is 2. The first kappa shape index (κ1) is 33.2. The normalized spacial score (nSPS) is 38.1. The third-order valence-electron chi connectivity index (χ3n) is 9.95. The summed E-state index contributed by atoms with van der Waals surface area (Å²) in [4.78, 5) is 25.7. The van der Waals surface area contributed by atoms with Crippen LogP contribution < -0.4 is 34.7 Å². The standard InChI is InChI=1S/C31H46O6.Na/c1-19(12-13-25(37-8)28(3,4)36)10-9-11-20(2)26-21(32)18-23-29(5)17-15-24(33)31(7,27(34)35)22(29)14-16-30(23,26)6;/h9-13,22-25,33,36H,14-18H2,1-8H3,(H,34,35);/q;+1/p-1/b11-9+,13-12+,19-10+,26-20+;/t22?,23-,24?,25?,29-,30?,31+;/m0./s1. The molecule has 0 aliphatic heterocycles. The van der Waals surface area contributed by atoms with E-state index >= 15 is 0 Å². The molecule has 4 unspecified atom stereocenters. The van der Waals surface area contributed by atoms with Gasteiger partial charge in [0.15, 0.2) is 5.78 Å². The zero-order chi connectivity index (χ0) is 28.0. The minimum atomic E-state index is -1.30. The number of allylic oxidation sites excluding steroid dienone is 7. The zero-order valence-corrected chi connectivity index (χ0v) is 26.8. The fourth-order valence-corrected chi connectivity index (χ4v) is 7.87. The summed E-state index contributed by atoms with van der Waals surface area (Å²) >= 11 is 0. The van der Waals surface area contributed by atoms with Crippen molar-refractivity contribution in [1.29, 1.82) is 0 Å². The zero-order valence-electron chi connectivity index (χ0n) is 24.8. The van der Waals surface area contributed by atoms with Crippen LogP contribution in [0.4, 0.5) is 0 Å². The maximum atomic E-state index is 13.4. The van der Waals surface area contributed by atoms with Gasteiger partial charge in [0.1, 0.15) is 6.10 Å². The number of carboxylic acid groups (broad SMARTS) is 1. The monoisotopic (exact) mass is 536 g/mol. The second kappa shape index (κ2) is 11.8. The van der Waals surface area contributed by atoms with Crippen molar-refractivity contribution in [3.05, 3.63) is 47.1 Å². The molecule has 0 amide bonds. The van der Waals surface area contributed by atoms with E-state index in [4.69, 9.17) is 4.74 Å². The Labute approximate surface area is 250 Å². The number of fused-ring (bicyclic) bond motifs is 3. The van der Waals surface area contributed by atoms with Crippen molar-refractivity contribution in [1.82, 2.24) is 0 Å². The molecule has 0 bridgehead atoms. The third kappa shape index (κ3) is 5.73. The molecule has 0 aromatic heterocycles. The number of ether oxygens (including phenoxy) is 1. The molecule has 3 fully saturated rings. The maximum Gasteiger partial charge on any atom is 1.00 e. The van der Waals surface area contributed by atoms with E-state index in [1.165, 1.54) is 0 Å². The number of hydrogen-bond acceptors (Lipinski definition) is 6. The molecule has 3 aliphatic rings. The van der Waals surface area contributed by atoms with Crippen LogP contribution >= 0.6 is 0 Å². The van der Waals surface area contributed by atoms with Crippen LogP contribution in [0, 0.1) is 28.1 Å². The third-order valence-corrected chi connectivity index (χ3v) is 9.95. The Kier molecular flexibility index (Phi) is 10.3. The van der Waals surface area contributed by atoms with Crippen molar-refractivity contribution in [2.75, 3.05) is 7.11 Å². The Morgan fingerprint density at radius 2 is 1.76 bits per heavy atom. The van der Waals surface area contributed by atoms with Crippen LogP contribution in [-0.2, 0) is 14.3 Å². The van der Waals surface area contributed by atoms with Crippen molar-refractivity contribution in [2.45, 2.75) is 98.4 Å². The molecule has 0 aromatic rings. The molecule has 0 heterocycles. The van der Waals surface area contributed by atoms with Gasteiger partial charge in [-0.3, -0.25) is 4.79 Å². The van der Waals surface area contributed by atoms with E-state index in [-0.39, 0.29) is 58.0 Å². The molecule has 0 spiro atoms. The number of carbonyl (C=O) groups excluding carboxylic acids is 2. The number of aliphatic carboxylic acids is 1. The summed E-state index contributed by atoms with van der Waals surface area (Å²) in [6.45, 7) is 13.3. The number of aliphatic hydroxyl groups is 2. The number of aliphatic hydroxyl groups excluding tert-OH is 1. The fourth-order valence-electron chi connectivity index (χ4n) is 7.87. The van der Waals surface area contributed by atoms with Gasteiger partial charge in [0.05, 0.1) is 17.7 Å². The molecular formula is C31H45NaO6. The van der Waals surface area contributed by atoms with Crippen molar-refractivity contribution in [3.8, 4) is 0 Å². The number of hydrogen-bond donors (Lipinski definition) is 2. The Morgan fingerprint density at radius 3 is 2.32 bits per heavy atom. The molecule has 3 rings (SSSR count). The molecule has 7 heteroatoms. The van der Waals surface area contributed by atoms with Crippen LogP contribution in [0.3, 0.4) is 0 Å². The van der Waals surface area contributed by atoms with Gasteiger partial charge in [-0.2, -0.15) is 0 Å². The minimum Gasteiger partial charge on any atom is -0.549 e. The first-order valence-electron chi connectivity index (χ1n) is 13.5. The predicted octanol–water partition coefficient (Wildman–Crippen LogP) is 1.07. The number of carboxylic acids is 1. The van der Waals surface area contributed by atoms with Gasteiger partial charge in [-0.25, -0.2) is 0 Å². The number of ketones is 1. The van der Waals surface area contributed by atoms with E-state index < -0.39 is 29.2 Å². The van der Waals surface area contributed by atoms with E-state index in [2.05, 4.69) is 13.8 Å². The second-order valence-corrected chi connectivity index (χ2v) is 12.8. The molecule has 0 aromatic carbocycles. The number of methoxy groups -OCH3 is 1. The van der Waals surface area contributed by atoms with Gasteiger partial charge in [0, 0.05) is 29.9 Å². The van der Waals surface area contributed by atoms with Crippen LogP contribution in [0.2, 0.25) is 0 Å². The van der Waals surface area contributed by atoms with Gasteiger partial charge < -0.3 is 24.9 Å². The summed E-state index contributed by atoms with van der Waals surface area (Å²) in [7, 11) is 1.57. The minimum absolute atomic E-state index is 0. The Balaban J connectivity index is 0.00000507. The van der Waals surface area contributed by atoms with Crippen molar-refractivity contribution in [2.24, 2.45) is 28.1 Å². The molecule has 2 N–H and O–H groups in total. The van der Waals surface area contributed by atoms with Gasteiger partial charge in [-0.1, -0.05) is 56.7 Å². The van der Waals surface area contributed by atoms with Gasteiger partial charge in [0.25, 0.3) is 0 Å². The van der Waals surface area contributed by atoms with Crippen LogP contribution in [-0.4, -0.2) is 46.9 Å². The molecule has 3 aliphatic carbocycles. The molecule has 3 saturated carbocycles. The quantitative estimate of drug-likeness (QED) is 0.287. The van der Waals surface area contributed by atoms with Gasteiger partial charge in [0.2, 0.25) is 0 Å². The molecule has 38 heavy (non-hydrogen) atoms. The Hall–Kier alpha value is -1.02.